The van der Waals surface area contributed by atoms with E-state index in [0.717, 1.165) is 60.2 Å². The third-order valence-corrected chi connectivity index (χ3v) is 7.82. The molecule has 3 aliphatic rings. The summed E-state index contributed by atoms with van der Waals surface area (Å²) >= 11 is 0. The minimum Gasteiger partial charge on any atom is -0.357 e. The minimum absolute atomic E-state index is 0.0131. The minimum atomic E-state index is -0.365. The molecule has 0 atom stereocenters. The van der Waals surface area contributed by atoms with Crippen molar-refractivity contribution in [3.05, 3.63) is 58.4 Å². The van der Waals surface area contributed by atoms with E-state index in [9.17, 15) is 10.1 Å². The molecule has 1 aromatic carbocycles. The highest BCUT2D eigenvalue weighted by Gasteiger charge is 2.40. The van der Waals surface area contributed by atoms with Gasteiger partial charge < -0.3 is 9.88 Å². The molecule has 0 bridgehead atoms. The summed E-state index contributed by atoms with van der Waals surface area (Å²) in [5.74, 6) is 0.975. The van der Waals surface area contributed by atoms with E-state index in [2.05, 4.69) is 40.8 Å². The van der Waals surface area contributed by atoms with Gasteiger partial charge in [0, 0.05) is 66.0 Å². The lowest BCUT2D eigenvalue weighted by atomic mass is 9.72. The van der Waals surface area contributed by atoms with E-state index in [1.54, 1.807) is 12.3 Å². The first kappa shape index (κ1) is 19.5. The van der Waals surface area contributed by atoms with Crippen molar-refractivity contribution in [3.63, 3.8) is 0 Å². The normalized spacial score (nSPS) is 20.5. The number of nitriles is 1. The Hall–Kier alpha value is -3.17. The summed E-state index contributed by atoms with van der Waals surface area (Å²) < 4.78 is 0. The maximum atomic E-state index is 13.5. The van der Waals surface area contributed by atoms with Gasteiger partial charge in [0.05, 0.1) is 17.2 Å². The van der Waals surface area contributed by atoms with E-state index in [-0.39, 0.29) is 11.2 Å². The first-order chi connectivity index (χ1) is 15.5. The maximum Gasteiger partial charge on any atom is 0.197 e. The zero-order valence-electron chi connectivity index (χ0n) is 18.6. The van der Waals surface area contributed by atoms with Crippen LogP contribution in [-0.2, 0) is 5.41 Å². The second kappa shape index (κ2) is 6.91. The average Bonchev–Trinajstić information content (AvgIpc) is 3.17. The number of rotatable bonds is 2. The van der Waals surface area contributed by atoms with Crippen molar-refractivity contribution >= 4 is 22.5 Å². The SMILES string of the molecule is CC1(C)c2cc(N3CCN(C4CCC4)CC3)ncc2C(=O)c2c1[nH]c1cc(C#N)ccc21. The predicted molar refractivity (Wildman–Crippen MR) is 124 cm³/mol. The second-order valence-corrected chi connectivity index (χ2v) is 9.90. The molecule has 0 unspecified atom stereocenters. The van der Waals surface area contributed by atoms with Crippen molar-refractivity contribution in [3.8, 4) is 6.07 Å². The van der Waals surface area contributed by atoms with E-state index in [1.165, 1.54) is 19.3 Å². The average molecular weight is 426 g/mol. The molecule has 3 heterocycles. The number of carbonyl (C=O) groups is 1. The van der Waals surface area contributed by atoms with Gasteiger partial charge in [0.15, 0.2) is 5.78 Å². The number of H-pyrrole nitrogens is 1. The second-order valence-electron chi connectivity index (χ2n) is 9.90. The number of fused-ring (bicyclic) bond motifs is 4. The van der Waals surface area contributed by atoms with Gasteiger partial charge in [0.2, 0.25) is 0 Å². The van der Waals surface area contributed by atoms with Crippen molar-refractivity contribution < 1.29 is 4.79 Å². The smallest absolute Gasteiger partial charge is 0.197 e. The third kappa shape index (κ3) is 2.74. The first-order valence-corrected chi connectivity index (χ1v) is 11.6. The number of piperazine rings is 1. The van der Waals surface area contributed by atoms with Gasteiger partial charge in [-0.1, -0.05) is 26.3 Å². The molecule has 32 heavy (non-hydrogen) atoms. The van der Waals surface area contributed by atoms with Crippen molar-refractivity contribution in [1.29, 1.82) is 5.26 Å². The van der Waals surface area contributed by atoms with E-state index >= 15 is 0 Å². The fourth-order valence-corrected chi connectivity index (χ4v) is 5.62. The standard InChI is InChI=1S/C26H27N5O/c1-26(2)20-13-22(31-10-8-30(9-11-31)17-4-3-5-17)28-15-19(20)24(32)23-18-7-6-16(14-27)12-21(18)29-25(23)26/h6-7,12-13,15,17,29H,3-5,8-11H2,1-2H3. The Bertz CT molecular complexity index is 1290. The summed E-state index contributed by atoms with van der Waals surface area (Å²) in [6.07, 6.45) is 5.83. The summed E-state index contributed by atoms with van der Waals surface area (Å²) in [4.78, 5) is 26.7. The van der Waals surface area contributed by atoms with Crippen LogP contribution in [0.3, 0.4) is 0 Å². The summed E-state index contributed by atoms with van der Waals surface area (Å²) in [5, 5.41) is 10.1. The molecule has 162 valence electrons. The Balaban J connectivity index is 1.37. The van der Waals surface area contributed by atoms with E-state index in [0.29, 0.717) is 16.7 Å². The Morgan fingerprint density at radius 2 is 1.94 bits per heavy atom. The maximum absolute atomic E-state index is 13.5. The highest BCUT2D eigenvalue weighted by molar-refractivity contribution is 6.20. The van der Waals surface area contributed by atoms with Gasteiger partial charge in [-0.3, -0.25) is 9.69 Å². The van der Waals surface area contributed by atoms with Crippen LogP contribution >= 0.6 is 0 Å². The molecule has 0 amide bonds. The molecule has 6 heteroatoms. The quantitative estimate of drug-likeness (QED) is 0.672. The summed E-state index contributed by atoms with van der Waals surface area (Å²) in [6.45, 7) is 8.45. The third-order valence-electron chi connectivity index (χ3n) is 7.82. The van der Waals surface area contributed by atoms with Crippen LogP contribution in [0.5, 0.6) is 0 Å². The zero-order chi connectivity index (χ0) is 22.0. The fraction of sp³-hybridized carbons (Fsp3) is 0.423. The number of nitrogens with zero attached hydrogens (tertiary/aromatic N) is 4. The largest absolute Gasteiger partial charge is 0.357 e. The summed E-state index contributed by atoms with van der Waals surface area (Å²) in [6, 6.07) is 10.6. The molecular formula is C26H27N5O. The molecule has 1 saturated heterocycles. The van der Waals surface area contributed by atoms with Crippen molar-refractivity contribution in [2.45, 2.75) is 44.6 Å². The van der Waals surface area contributed by atoms with Gasteiger partial charge in [0.1, 0.15) is 5.82 Å². The van der Waals surface area contributed by atoms with Gasteiger partial charge >= 0.3 is 0 Å². The number of pyridine rings is 1. The van der Waals surface area contributed by atoms with Crippen LogP contribution in [0.25, 0.3) is 10.9 Å². The summed E-state index contributed by atoms with van der Waals surface area (Å²) in [7, 11) is 0. The van der Waals surface area contributed by atoms with Crippen molar-refractivity contribution in [2.75, 3.05) is 31.1 Å². The predicted octanol–water partition coefficient (Wildman–Crippen LogP) is 3.98. The number of anilines is 1. The zero-order valence-corrected chi connectivity index (χ0v) is 18.6. The molecule has 3 aromatic rings. The Kier molecular flexibility index (Phi) is 4.22. The fourth-order valence-electron chi connectivity index (χ4n) is 5.62. The van der Waals surface area contributed by atoms with Gasteiger partial charge in [-0.25, -0.2) is 4.98 Å². The van der Waals surface area contributed by atoms with E-state index in [4.69, 9.17) is 4.98 Å². The topological polar surface area (TPSA) is 76.0 Å². The van der Waals surface area contributed by atoms with Crippen LogP contribution in [0.2, 0.25) is 0 Å². The molecule has 6 nitrogen and oxygen atoms in total. The molecule has 2 fully saturated rings. The van der Waals surface area contributed by atoms with Crippen LogP contribution in [0.4, 0.5) is 5.82 Å². The Morgan fingerprint density at radius 1 is 1.16 bits per heavy atom. The highest BCUT2D eigenvalue weighted by Crippen LogP contribution is 2.44. The van der Waals surface area contributed by atoms with Crippen LogP contribution < -0.4 is 4.90 Å². The van der Waals surface area contributed by atoms with Crippen LogP contribution in [0.1, 0.15) is 65.9 Å². The highest BCUT2D eigenvalue weighted by atomic mass is 16.1. The Labute approximate surface area is 187 Å². The summed E-state index contributed by atoms with van der Waals surface area (Å²) in [5.41, 5.74) is 4.40. The molecule has 1 N–H and O–H groups in total. The number of nitrogens with one attached hydrogen (secondary N) is 1. The lowest BCUT2D eigenvalue weighted by Gasteiger charge is -2.43. The monoisotopic (exact) mass is 425 g/mol. The molecule has 1 aliphatic heterocycles. The molecule has 2 aliphatic carbocycles. The molecular weight excluding hydrogens is 398 g/mol. The first-order valence-electron chi connectivity index (χ1n) is 11.6. The molecule has 0 spiro atoms. The molecule has 1 saturated carbocycles. The van der Waals surface area contributed by atoms with Crippen molar-refractivity contribution in [1.82, 2.24) is 14.9 Å². The van der Waals surface area contributed by atoms with Gasteiger partial charge in [-0.2, -0.15) is 5.26 Å². The van der Waals surface area contributed by atoms with Gasteiger partial charge in [-0.05, 0) is 36.6 Å². The Morgan fingerprint density at radius 3 is 2.62 bits per heavy atom. The molecule has 2 aromatic heterocycles. The van der Waals surface area contributed by atoms with Crippen LogP contribution in [0, 0.1) is 11.3 Å². The van der Waals surface area contributed by atoms with Crippen LogP contribution in [-0.4, -0.2) is 52.9 Å². The number of hydrogen-bond acceptors (Lipinski definition) is 5. The van der Waals surface area contributed by atoms with E-state index < -0.39 is 0 Å². The lowest BCUT2D eigenvalue weighted by Crippen LogP contribution is -2.52. The van der Waals surface area contributed by atoms with E-state index in [1.807, 2.05) is 12.1 Å². The number of aromatic amines is 1. The number of ketones is 1. The number of hydrogen-bond donors (Lipinski definition) is 1. The number of benzene rings is 1. The molecule has 6 rings (SSSR count). The van der Waals surface area contributed by atoms with Gasteiger partial charge in [-0.15, -0.1) is 0 Å². The lowest BCUT2D eigenvalue weighted by molar-refractivity contribution is 0.103. The molecule has 0 radical (unpaired) electrons. The number of aromatic nitrogens is 2. The van der Waals surface area contributed by atoms with Crippen molar-refractivity contribution in [2.24, 2.45) is 0 Å². The van der Waals surface area contributed by atoms with Gasteiger partial charge in [0.25, 0.3) is 0 Å². The van der Waals surface area contributed by atoms with Crippen LogP contribution in [0.15, 0.2) is 30.5 Å². The number of carbonyl (C=O) groups excluding carboxylic acids is 1.